The third kappa shape index (κ3) is 5.26. The second kappa shape index (κ2) is 9.57. The molecule has 0 aromatic heterocycles. The number of nitrogens with one attached hydrogen (secondary N) is 1. The van der Waals surface area contributed by atoms with Crippen LogP contribution in [0.4, 0.5) is 0 Å². The highest BCUT2D eigenvalue weighted by Gasteiger charge is 2.33. The minimum atomic E-state index is 0.127. The minimum absolute atomic E-state index is 0.127. The third-order valence-corrected chi connectivity index (χ3v) is 6.61. The lowest BCUT2D eigenvalue weighted by molar-refractivity contribution is -0.122. The van der Waals surface area contributed by atoms with Gasteiger partial charge in [0.2, 0.25) is 5.91 Å². The zero-order valence-corrected chi connectivity index (χ0v) is 17.4. The Morgan fingerprint density at radius 3 is 2.71 bits per heavy atom. The third-order valence-electron chi connectivity index (χ3n) is 6.26. The fourth-order valence-electron chi connectivity index (χ4n) is 4.53. The van der Waals surface area contributed by atoms with Crippen LogP contribution in [-0.2, 0) is 9.53 Å². The number of ether oxygens (including phenoxy) is 1. The van der Waals surface area contributed by atoms with Crippen LogP contribution >= 0.6 is 11.6 Å². The van der Waals surface area contributed by atoms with Crippen LogP contribution in [0.3, 0.4) is 0 Å². The summed E-state index contributed by atoms with van der Waals surface area (Å²) in [5.74, 6) is 0.705. The molecule has 2 aliphatic heterocycles. The van der Waals surface area contributed by atoms with Crippen molar-refractivity contribution in [1.29, 1.82) is 0 Å². The Balaban J connectivity index is 1.34. The molecule has 1 aromatic carbocycles. The van der Waals surface area contributed by atoms with Gasteiger partial charge in [0.1, 0.15) is 0 Å². The summed E-state index contributed by atoms with van der Waals surface area (Å²) in [5, 5.41) is 4.00. The summed E-state index contributed by atoms with van der Waals surface area (Å²) in [4.78, 5) is 17.6. The molecule has 3 fully saturated rings. The lowest BCUT2D eigenvalue weighted by atomic mass is 10.1. The van der Waals surface area contributed by atoms with E-state index in [0.29, 0.717) is 25.0 Å². The van der Waals surface area contributed by atoms with Crippen molar-refractivity contribution >= 4 is 17.5 Å². The van der Waals surface area contributed by atoms with E-state index in [9.17, 15) is 4.79 Å². The molecular weight excluding hydrogens is 374 g/mol. The molecule has 1 saturated carbocycles. The number of likely N-dealkylation sites (tertiary alicyclic amines) is 1. The van der Waals surface area contributed by atoms with Gasteiger partial charge in [0.25, 0.3) is 0 Å². The first-order valence-electron chi connectivity index (χ1n) is 10.8. The van der Waals surface area contributed by atoms with Crippen LogP contribution in [0.2, 0.25) is 5.02 Å². The molecule has 1 aromatic rings. The number of carbonyl (C=O) groups is 1. The van der Waals surface area contributed by atoms with Crippen LogP contribution in [0, 0.1) is 5.92 Å². The number of carbonyl (C=O) groups excluding carboxylic acids is 1. The Hall–Kier alpha value is -1.14. The van der Waals surface area contributed by atoms with Crippen molar-refractivity contribution in [3.8, 4) is 0 Å². The lowest BCUT2D eigenvalue weighted by Gasteiger charge is -2.30. The van der Waals surface area contributed by atoms with Crippen molar-refractivity contribution in [2.45, 2.75) is 44.2 Å². The minimum Gasteiger partial charge on any atom is -0.381 e. The van der Waals surface area contributed by atoms with Crippen LogP contribution in [-0.4, -0.2) is 67.7 Å². The van der Waals surface area contributed by atoms with Gasteiger partial charge in [-0.25, -0.2) is 0 Å². The number of halogens is 1. The van der Waals surface area contributed by atoms with Gasteiger partial charge in [0.05, 0.1) is 19.2 Å². The molecule has 0 radical (unpaired) electrons. The average Bonchev–Trinajstić information content (AvgIpc) is 3.15. The largest absolute Gasteiger partial charge is 0.381 e. The summed E-state index contributed by atoms with van der Waals surface area (Å²) in [6.45, 7) is 5.95. The Bertz CT molecular complexity index is 655. The Morgan fingerprint density at radius 1 is 1.25 bits per heavy atom. The molecule has 1 N–H and O–H groups in total. The van der Waals surface area contributed by atoms with E-state index in [1.165, 1.54) is 25.7 Å². The zero-order valence-electron chi connectivity index (χ0n) is 16.6. The van der Waals surface area contributed by atoms with E-state index >= 15 is 0 Å². The van der Waals surface area contributed by atoms with Crippen molar-refractivity contribution in [2.24, 2.45) is 5.92 Å². The maximum atomic E-state index is 12.8. The van der Waals surface area contributed by atoms with Gasteiger partial charge in [-0.1, -0.05) is 29.8 Å². The van der Waals surface area contributed by atoms with E-state index in [2.05, 4.69) is 21.2 Å². The van der Waals surface area contributed by atoms with Crippen LogP contribution in [0.15, 0.2) is 24.3 Å². The Kier molecular flexibility index (Phi) is 6.89. The van der Waals surface area contributed by atoms with Gasteiger partial charge < -0.3 is 10.1 Å². The molecule has 5 nitrogen and oxygen atoms in total. The first-order valence-corrected chi connectivity index (χ1v) is 11.2. The molecule has 2 atom stereocenters. The number of nitrogens with zero attached hydrogens (tertiary/aromatic N) is 2. The summed E-state index contributed by atoms with van der Waals surface area (Å²) >= 11 is 6.48. The van der Waals surface area contributed by atoms with Gasteiger partial charge in [-0.2, -0.15) is 0 Å². The van der Waals surface area contributed by atoms with Crippen molar-refractivity contribution < 1.29 is 9.53 Å². The quantitative estimate of drug-likeness (QED) is 0.685. The smallest absolute Gasteiger partial charge is 0.234 e. The summed E-state index contributed by atoms with van der Waals surface area (Å²) in [5.41, 5.74) is 1.12. The molecule has 1 amide bonds. The molecule has 28 heavy (non-hydrogen) atoms. The Morgan fingerprint density at radius 2 is 2.04 bits per heavy atom. The molecule has 154 valence electrons. The first kappa shape index (κ1) is 20.1. The van der Waals surface area contributed by atoms with E-state index in [1.807, 2.05) is 18.2 Å². The van der Waals surface area contributed by atoms with Gasteiger partial charge in [-0.3, -0.25) is 14.6 Å². The monoisotopic (exact) mass is 405 g/mol. The maximum absolute atomic E-state index is 12.8. The van der Waals surface area contributed by atoms with Crippen LogP contribution in [0.25, 0.3) is 0 Å². The van der Waals surface area contributed by atoms with Crippen LogP contribution in [0.1, 0.15) is 43.7 Å². The first-order chi connectivity index (χ1) is 13.7. The van der Waals surface area contributed by atoms with Crippen LogP contribution in [0.5, 0.6) is 0 Å². The molecule has 4 rings (SSSR count). The second-order valence-corrected chi connectivity index (χ2v) is 8.88. The van der Waals surface area contributed by atoms with Gasteiger partial charge in [0.15, 0.2) is 0 Å². The van der Waals surface area contributed by atoms with Crippen molar-refractivity contribution in [1.82, 2.24) is 15.1 Å². The molecule has 0 unspecified atom stereocenters. The van der Waals surface area contributed by atoms with Gasteiger partial charge >= 0.3 is 0 Å². The molecule has 0 spiro atoms. The fraction of sp³-hybridized carbons (Fsp3) is 0.682. The van der Waals surface area contributed by atoms with Gasteiger partial charge in [-0.05, 0) is 62.7 Å². The molecule has 2 saturated heterocycles. The van der Waals surface area contributed by atoms with E-state index in [4.69, 9.17) is 16.3 Å². The summed E-state index contributed by atoms with van der Waals surface area (Å²) in [6.07, 6.45) is 5.99. The lowest BCUT2D eigenvalue weighted by Crippen LogP contribution is -2.43. The highest BCUT2D eigenvalue weighted by atomic mass is 35.5. The zero-order chi connectivity index (χ0) is 19.3. The van der Waals surface area contributed by atoms with Crippen LogP contribution < -0.4 is 5.32 Å². The van der Waals surface area contributed by atoms with E-state index in [-0.39, 0.29) is 11.9 Å². The SMILES string of the molecule is O=C(CN(C[C@H]1CCOC1)C1CC1)NC[C@H](c1ccccc1Cl)N1CCCC1. The molecule has 0 bridgehead atoms. The molecule has 2 heterocycles. The highest BCUT2D eigenvalue weighted by molar-refractivity contribution is 6.31. The summed E-state index contributed by atoms with van der Waals surface area (Å²) in [7, 11) is 0. The number of benzene rings is 1. The predicted molar refractivity (Wildman–Crippen MR) is 112 cm³/mol. The second-order valence-electron chi connectivity index (χ2n) is 8.47. The number of amides is 1. The normalized spacial score (nSPS) is 24.0. The van der Waals surface area contributed by atoms with Crippen molar-refractivity contribution in [3.63, 3.8) is 0 Å². The van der Waals surface area contributed by atoms with Crippen molar-refractivity contribution in [3.05, 3.63) is 34.9 Å². The van der Waals surface area contributed by atoms with Gasteiger partial charge in [0, 0.05) is 30.8 Å². The predicted octanol–water partition coefficient (Wildman–Crippen LogP) is 3.09. The number of hydrogen-bond donors (Lipinski definition) is 1. The number of rotatable bonds is 9. The maximum Gasteiger partial charge on any atom is 0.234 e. The van der Waals surface area contributed by atoms with E-state index in [0.717, 1.165) is 49.9 Å². The Labute approximate surface area is 173 Å². The fourth-order valence-corrected chi connectivity index (χ4v) is 4.79. The van der Waals surface area contributed by atoms with Gasteiger partial charge in [-0.15, -0.1) is 0 Å². The topological polar surface area (TPSA) is 44.8 Å². The highest BCUT2D eigenvalue weighted by Crippen LogP contribution is 2.30. The number of hydrogen-bond acceptors (Lipinski definition) is 4. The molecule has 6 heteroatoms. The summed E-state index contributed by atoms with van der Waals surface area (Å²) in [6, 6.07) is 8.77. The van der Waals surface area contributed by atoms with Crippen molar-refractivity contribution in [2.75, 3.05) is 45.9 Å². The average molecular weight is 406 g/mol. The van der Waals surface area contributed by atoms with E-state index in [1.54, 1.807) is 0 Å². The summed E-state index contributed by atoms with van der Waals surface area (Å²) < 4.78 is 5.51. The molecular formula is C22H32ClN3O2. The molecule has 3 aliphatic rings. The standard InChI is InChI=1S/C22H32ClN3O2/c23-20-6-2-1-5-19(20)21(25-10-3-4-11-25)13-24-22(27)15-26(18-7-8-18)14-17-9-12-28-16-17/h1-2,5-6,17-18,21H,3-4,7-16H2,(H,24,27)/t17-,21-/m1/s1. The molecule has 1 aliphatic carbocycles. The van der Waals surface area contributed by atoms with E-state index < -0.39 is 0 Å².